The average Bonchev–Trinajstić information content (AvgIpc) is 0.732. The molecular formula is C96H100IN11O18S3. The van der Waals surface area contributed by atoms with Gasteiger partial charge in [-0.2, -0.15) is 16.9 Å². The number of thiocarbonyl (C=S) groups is 2. The zero-order valence-corrected chi connectivity index (χ0v) is 76.4. The van der Waals surface area contributed by atoms with Crippen molar-refractivity contribution in [1.29, 1.82) is 0 Å². The smallest absolute Gasteiger partial charge is 0.344 e. The van der Waals surface area contributed by atoms with Gasteiger partial charge in [0, 0.05) is 153 Å². The molecule has 0 bridgehead atoms. The number of benzene rings is 10. The number of rotatable bonds is 22. The number of fused-ring (bicyclic) bond motifs is 6. The number of nitrogens with two attached hydrogens (primary N) is 2. The summed E-state index contributed by atoms with van der Waals surface area (Å²) < 4.78 is 23.3. The highest BCUT2D eigenvalue weighted by Crippen LogP contribution is 2.45. The van der Waals surface area contributed by atoms with Crippen molar-refractivity contribution in [3.8, 4) is 78.7 Å². The minimum atomic E-state index is -1.15. The predicted molar refractivity (Wildman–Crippen MR) is 534 cm³/mol. The Bertz CT molecular complexity index is 6700. The standard InChI is InChI=1S/C25H21N3O5S.C24H28N2O3S.C22H23IN2O3.C21H15N3O5S.C2H4O2.CH5N.CH4/c1-3-13(2)27-28-25(34)26-14-4-7-17(20(10-14)24(31)32)23-18-8-5-15(29)11-21(18)33-22-12-16(30)6-9-19(22)23;1-5-26(6-2)19-10-8-18-13-20(24(28)29-22(18)14-19)17-9-11-21(16(4)12-17)25-23(27)15-30-7-3;1-4-25(5-2)17-8-6-16-11-18(22(27)28-20(16)12-17)15-7-9-19(14(3)10-15)24-21(26)13-23;22-24-21(30)23-10-1-4-13(16(7-10)20(27)28)19-14-5-2-11(25)8-17(14)29-18-9-12(26)3-6-15(18)19;1-2(3)4;1-2;/h4-12,29H,3H2,1-2H3,(H,31,32)(H2,26,28,34);8-14H,5-7,15H2,1-4H3,(H,25,27);6-12H,4-5,13H2,1-3H3,(H,24,26);1-9,25H,22H2,(H,27,28)(H2,23,24,30);1H3,(H,3,4);2H2,1H3;1H4/b27-13-;;;;;;. The second-order valence-electron chi connectivity index (χ2n) is 28.3. The summed E-state index contributed by atoms with van der Waals surface area (Å²) in [6, 6.07) is 54.1. The number of nitrogens with zero attached hydrogens (tertiary/aromatic N) is 3. The highest BCUT2D eigenvalue weighted by Gasteiger charge is 2.26. The number of carboxylic acids is 3. The van der Waals surface area contributed by atoms with E-state index < -0.39 is 17.9 Å². The number of anilines is 6. The fourth-order valence-electron chi connectivity index (χ4n) is 13.6. The number of carbonyl (C=O) groups excluding carboxylic acids is 2. The van der Waals surface area contributed by atoms with Crippen molar-refractivity contribution in [2.45, 2.75) is 83.1 Å². The van der Waals surface area contributed by atoms with Crippen LogP contribution < -0.4 is 75.6 Å². The molecule has 8 aromatic carbocycles. The SMILES string of the molecule is C.CC(=O)O.CC/C(C)=N\NC(=S)Nc1ccc(-c2c3ccc(=O)cc-3oc3cc(O)ccc23)c(C(=O)O)c1.CCN(CC)c1ccc2cc(-c3ccc(NC(=O)CI)c(C)c3)c(=O)oc2c1.CCSCC(=O)Nc1ccc(-c2cc3ccc(N(CC)CC)cc3oc2=O)cc1C.CN.NNC(=S)Nc1ccc(-c2c3ccc(=O)cc-3oc3cc(O)ccc23)c(C(=O)O)c1. The van der Waals surface area contributed by atoms with E-state index in [0.717, 1.165) is 107 Å². The minimum absolute atomic E-state index is 0. The highest BCUT2D eigenvalue weighted by molar-refractivity contribution is 14.1. The number of aliphatic carboxylic acids is 1. The number of alkyl halides is 1. The molecule has 10 aromatic rings. The van der Waals surface area contributed by atoms with E-state index in [9.17, 15) is 58.8 Å². The third kappa shape index (κ3) is 26.0. The lowest BCUT2D eigenvalue weighted by molar-refractivity contribution is -0.134. The van der Waals surface area contributed by atoms with Crippen LogP contribution in [0.4, 0.5) is 34.1 Å². The molecule has 2 aliphatic heterocycles. The molecule has 129 heavy (non-hydrogen) atoms. The van der Waals surface area contributed by atoms with Gasteiger partial charge in [-0.25, -0.2) is 25.0 Å². The molecule has 0 radical (unpaired) electrons. The van der Waals surface area contributed by atoms with Gasteiger partial charge in [-0.1, -0.05) is 68.1 Å². The van der Waals surface area contributed by atoms with E-state index in [-0.39, 0.29) is 85.7 Å². The zero-order valence-electron chi connectivity index (χ0n) is 71.8. The molecule has 672 valence electrons. The Labute approximate surface area is 771 Å². The number of phenols is 2. The van der Waals surface area contributed by atoms with E-state index in [1.807, 2.05) is 136 Å². The first-order valence-electron chi connectivity index (χ1n) is 40.2. The molecule has 0 saturated carbocycles. The summed E-state index contributed by atoms with van der Waals surface area (Å²) >= 11 is 13.8. The lowest BCUT2D eigenvalue weighted by Crippen LogP contribution is -2.34. The Hall–Kier alpha value is -13.8. The first-order chi connectivity index (χ1) is 61.3. The van der Waals surface area contributed by atoms with Gasteiger partial charge in [-0.15, -0.1) is 0 Å². The molecule has 2 aromatic heterocycles. The molecule has 4 heterocycles. The number of aromatic hydroxyl groups is 2. The van der Waals surface area contributed by atoms with Crippen molar-refractivity contribution in [3.05, 3.63) is 258 Å². The number of hydrazone groups is 1. The summed E-state index contributed by atoms with van der Waals surface area (Å²) in [4.78, 5) is 110. The van der Waals surface area contributed by atoms with Crippen LogP contribution in [0.3, 0.4) is 0 Å². The normalized spacial score (nSPS) is 10.7. The third-order valence-corrected chi connectivity index (χ3v) is 21.8. The molecule has 2 aliphatic carbocycles. The average molecular weight is 1920 g/mol. The van der Waals surface area contributed by atoms with Crippen molar-refractivity contribution in [1.82, 2.24) is 10.9 Å². The molecular weight excluding hydrogens is 1820 g/mol. The van der Waals surface area contributed by atoms with Crippen molar-refractivity contribution in [3.63, 3.8) is 0 Å². The number of amides is 2. The number of aromatic carboxylic acids is 2. The van der Waals surface area contributed by atoms with Crippen LogP contribution in [-0.4, -0.2) is 120 Å². The molecule has 2 amide bonds. The van der Waals surface area contributed by atoms with Crippen LogP contribution in [0, 0.1) is 13.8 Å². The Morgan fingerprint density at radius 1 is 0.473 bits per heavy atom. The molecule has 4 aliphatic rings. The third-order valence-electron chi connectivity index (χ3n) is 19.8. The number of thioether (sulfide) groups is 1. The Morgan fingerprint density at radius 3 is 1.26 bits per heavy atom. The first-order valence-corrected chi connectivity index (χ1v) is 43.7. The number of phenolic OH excluding ortho intramolecular Hbond substituents is 2. The van der Waals surface area contributed by atoms with E-state index in [0.29, 0.717) is 99.2 Å². The zero-order chi connectivity index (χ0) is 93.3. The minimum Gasteiger partial charge on any atom is -0.508 e. The molecule has 15 N–H and O–H groups in total. The number of nitrogens with one attached hydrogen (secondary N) is 6. The predicted octanol–water partition coefficient (Wildman–Crippen LogP) is 18.8. The second-order valence-corrected chi connectivity index (χ2v) is 31.1. The number of carbonyl (C=O) groups is 5. The second kappa shape index (κ2) is 47.1. The largest absolute Gasteiger partial charge is 0.508 e. The quantitative estimate of drug-likeness (QED) is 0.00438. The first kappa shape index (κ1) is 101. The van der Waals surface area contributed by atoms with E-state index in [2.05, 4.69) is 86.5 Å². The molecule has 0 unspecified atom stereocenters. The lowest BCUT2D eigenvalue weighted by Gasteiger charge is -2.21. The van der Waals surface area contributed by atoms with Gasteiger partial charge in [0.2, 0.25) is 11.8 Å². The van der Waals surface area contributed by atoms with Gasteiger partial charge in [0.15, 0.2) is 21.1 Å². The van der Waals surface area contributed by atoms with Crippen molar-refractivity contribution in [2.75, 3.05) is 80.2 Å². The maximum absolute atomic E-state index is 12.7. The number of carboxylic acid groups (broad SMARTS) is 3. The van der Waals surface area contributed by atoms with E-state index in [1.54, 1.807) is 60.3 Å². The van der Waals surface area contributed by atoms with E-state index in [4.69, 9.17) is 57.8 Å². The van der Waals surface area contributed by atoms with Gasteiger partial charge in [0.1, 0.15) is 45.4 Å². The van der Waals surface area contributed by atoms with E-state index >= 15 is 0 Å². The highest BCUT2D eigenvalue weighted by atomic mass is 127. The molecule has 0 saturated heterocycles. The lowest BCUT2D eigenvalue weighted by atomic mass is 9.90. The van der Waals surface area contributed by atoms with Crippen LogP contribution in [-0.2, 0) is 14.4 Å². The van der Waals surface area contributed by atoms with Crippen molar-refractivity contribution < 1.29 is 67.2 Å². The van der Waals surface area contributed by atoms with Gasteiger partial charge in [0.05, 0.1) is 32.4 Å². The summed E-state index contributed by atoms with van der Waals surface area (Å²) in [5, 5.41) is 66.0. The van der Waals surface area contributed by atoms with Crippen LogP contribution in [0.2, 0.25) is 0 Å². The molecule has 29 nitrogen and oxygen atoms in total. The molecule has 14 rings (SSSR count). The molecule has 0 atom stereocenters. The van der Waals surface area contributed by atoms with Crippen LogP contribution in [0.5, 0.6) is 11.5 Å². The number of halogens is 1. The topological polar surface area (TPSA) is 450 Å². The van der Waals surface area contributed by atoms with Gasteiger partial charge in [-0.05, 0) is 259 Å². The van der Waals surface area contributed by atoms with Gasteiger partial charge in [-0.3, -0.25) is 29.4 Å². The monoisotopic (exact) mass is 1920 g/mol. The number of hydrazine groups is 1. The molecule has 0 spiro atoms. The van der Waals surface area contributed by atoms with Gasteiger partial charge >= 0.3 is 23.2 Å². The van der Waals surface area contributed by atoms with Crippen molar-refractivity contribution in [2.24, 2.45) is 16.7 Å². The van der Waals surface area contributed by atoms with Crippen LogP contribution in [0.1, 0.15) is 101 Å². The summed E-state index contributed by atoms with van der Waals surface area (Å²) in [7, 11) is 1.50. The van der Waals surface area contributed by atoms with Gasteiger partial charge < -0.3 is 85.4 Å². The Balaban J connectivity index is 0.000000208. The molecule has 33 heteroatoms. The summed E-state index contributed by atoms with van der Waals surface area (Å²) in [5.41, 5.74) is 23.0. The molecule has 0 fully saturated rings. The number of hydrogen-bond donors (Lipinski definition) is 13. The van der Waals surface area contributed by atoms with Crippen LogP contribution >= 0.6 is 58.8 Å². The van der Waals surface area contributed by atoms with Crippen LogP contribution in [0.25, 0.3) is 111 Å². The summed E-state index contributed by atoms with van der Waals surface area (Å²) in [6.07, 6.45) is 0.768. The fourth-order valence-corrected chi connectivity index (χ4v) is 14.5. The fraction of sp³-hybridized carbons (Fsp3) is 0.208. The van der Waals surface area contributed by atoms with E-state index in [1.165, 1.54) is 67.7 Å². The Kier molecular flexibility index (Phi) is 36.7. The van der Waals surface area contributed by atoms with Gasteiger partial charge in [0.25, 0.3) is 5.97 Å². The summed E-state index contributed by atoms with van der Waals surface area (Å²) in [6.45, 7) is 22.7. The number of hydrogen-bond acceptors (Lipinski definition) is 23. The van der Waals surface area contributed by atoms with Crippen LogP contribution in [0.15, 0.2) is 236 Å². The number of aryl methyl sites for hydroxylation is 2. The maximum Gasteiger partial charge on any atom is 0.344 e. The summed E-state index contributed by atoms with van der Waals surface area (Å²) in [5.74, 6) is 3.93. The maximum atomic E-state index is 12.7. The Morgan fingerprint density at radius 2 is 0.884 bits per heavy atom. The van der Waals surface area contributed by atoms with Crippen molar-refractivity contribution >= 4 is 182 Å².